The van der Waals surface area contributed by atoms with Crippen molar-refractivity contribution in [3.8, 4) is 68.3 Å². The lowest BCUT2D eigenvalue weighted by Gasteiger charge is -2.12. The summed E-state index contributed by atoms with van der Waals surface area (Å²) in [5, 5.41) is 14.6. The van der Waals surface area contributed by atoms with Crippen LogP contribution in [0.5, 0.6) is 0 Å². The van der Waals surface area contributed by atoms with Crippen LogP contribution in [-0.2, 0) is 0 Å². The van der Waals surface area contributed by atoms with Crippen molar-refractivity contribution in [2.45, 2.75) is 0 Å². The third-order valence-electron chi connectivity index (χ3n) is 20.3. The van der Waals surface area contributed by atoms with Crippen LogP contribution >= 0.6 is 22.7 Å². The molecule has 476 valence electrons. The molecule has 0 saturated carbocycles. The molecule has 0 fully saturated rings. The van der Waals surface area contributed by atoms with Gasteiger partial charge in [0.1, 0.15) is 0 Å². The highest BCUT2D eigenvalue weighted by Gasteiger charge is 2.25. The third kappa shape index (κ3) is 9.20. The van der Waals surface area contributed by atoms with Gasteiger partial charge < -0.3 is 9.13 Å². The van der Waals surface area contributed by atoms with Gasteiger partial charge in [0.25, 0.3) is 0 Å². The maximum absolute atomic E-state index is 5.44. The van der Waals surface area contributed by atoms with Gasteiger partial charge >= 0.3 is 0 Å². The van der Waals surface area contributed by atoms with Crippen molar-refractivity contribution in [2.24, 2.45) is 0 Å². The molecule has 0 unspecified atom stereocenters. The van der Waals surface area contributed by atoms with Crippen molar-refractivity contribution in [3.63, 3.8) is 0 Å². The minimum absolute atomic E-state index is 0.653. The lowest BCUT2D eigenvalue weighted by molar-refractivity contribution is 0.996. The molecule has 0 aliphatic carbocycles. The number of hydrogen-bond donors (Lipinski definition) is 0. The Labute approximate surface area is 592 Å². The van der Waals surface area contributed by atoms with Crippen LogP contribution in [0.25, 0.3) is 196 Å². The maximum Gasteiger partial charge on any atom is 0.235 e. The second-order valence-corrected chi connectivity index (χ2v) is 28.2. The fourth-order valence-corrected chi connectivity index (χ4v) is 18.1. The summed E-state index contributed by atoms with van der Waals surface area (Å²) in [6, 6.07) is 121. The fraction of sp³-hybridized carbons (Fsp3) is 0. The zero-order chi connectivity index (χ0) is 66.9. The van der Waals surface area contributed by atoms with Gasteiger partial charge in [0.05, 0.1) is 66.9 Å². The number of fused-ring (bicyclic) bond motifs is 18. The van der Waals surface area contributed by atoms with Gasteiger partial charge in [-0.25, -0.2) is 19.9 Å². The van der Waals surface area contributed by atoms with Crippen molar-refractivity contribution >= 4 is 150 Å². The minimum Gasteiger partial charge on any atom is -0.309 e. The quantitative estimate of drug-likeness (QED) is 0.152. The summed E-state index contributed by atoms with van der Waals surface area (Å²) in [6.45, 7) is 0. The van der Waals surface area contributed by atoms with Gasteiger partial charge in [0.2, 0.25) is 11.9 Å². The smallest absolute Gasteiger partial charge is 0.235 e. The van der Waals surface area contributed by atoms with Crippen molar-refractivity contribution in [2.75, 3.05) is 0 Å². The van der Waals surface area contributed by atoms with Crippen LogP contribution in [0.15, 0.2) is 340 Å². The topological polar surface area (TPSA) is 71.3 Å². The second kappa shape index (κ2) is 23.3. The number of benzene rings is 14. The largest absolute Gasteiger partial charge is 0.309 e. The lowest BCUT2D eigenvalue weighted by atomic mass is 10.0. The molecule has 0 aliphatic rings. The molecule has 0 saturated heterocycles. The van der Waals surface area contributed by atoms with E-state index in [1.807, 2.05) is 28.7 Å². The Kier molecular flexibility index (Phi) is 13.2. The maximum atomic E-state index is 5.44. The van der Waals surface area contributed by atoms with Crippen molar-refractivity contribution < 1.29 is 0 Å². The molecule has 8 nitrogen and oxygen atoms in total. The first kappa shape index (κ1) is 57.9. The molecule has 0 bridgehead atoms. The molecule has 8 aromatic heterocycles. The summed E-state index contributed by atoms with van der Waals surface area (Å²) in [5.41, 5.74) is 19.2. The zero-order valence-corrected chi connectivity index (χ0v) is 56.4. The van der Waals surface area contributed by atoms with Crippen LogP contribution in [0.2, 0.25) is 0 Å². The average Bonchev–Trinajstić information content (AvgIpc) is 1.56. The monoisotopic (exact) mass is 1340 g/mol. The molecule has 102 heavy (non-hydrogen) atoms. The zero-order valence-electron chi connectivity index (χ0n) is 54.7. The number of thiophene rings is 2. The van der Waals surface area contributed by atoms with E-state index in [1.54, 1.807) is 0 Å². The summed E-state index contributed by atoms with van der Waals surface area (Å²) < 4.78 is 14.3. The van der Waals surface area contributed by atoms with E-state index in [1.165, 1.54) is 106 Å². The summed E-state index contributed by atoms with van der Waals surface area (Å²) in [4.78, 5) is 21.5. The standard InChI is InChI=1S/2C46H28N4S/c1-3-14-29(15-4-1)38-28-39(35-22-13-21-34-33-20-9-12-25-44(33)51-45(34)35)48-46(47-38)50-41-24-11-8-19-32(41)37-26-42-36(27-43(37)50)31-18-7-10-23-40(31)49(42)30-16-5-2-6-17-30;1-3-13-29(14-4-1)38-28-39(30-23-24-35-34-19-9-12-22-44(34)51-45(35)25-30)48-46(47-38)50-41-21-11-8-18-33(41)37-26-42-36(27-43(37)50)32-17-7-10-20-40(32)49(42)31-15-5-2-6-16-31/h2*1-28H. The van der Waals surface area contributed by atoms with Crippen molar-refractivity contribution in [3.05, 3.63) is 340 Å². The Bertz CT molecular complexity index is 7120. The van der Waals surface area contributed by atoms with E-state index < -0.39 is 0 Å². The van der Waals surface area contributed by atoms with Crippen molar-refractivity contribution in [1.82, 2.24) is 38.2 Å². The first-order valence-corrected chi connectivity index (χ1v) is 36.0. The average molecular weight is 1340 g/mol. The van der Waals surface area contributed by atoms with E-state index in [9.17, 15) is 0 Å². The molecule has 0 spiro atoms. The molecule has 0 aliphatic heterocycles. The normalized spacial score (nSPS) is 11.9. The van der Waals surface area contributed by atoms with Crippen LogP contribution in [0, 0.1) is 0 Å². The van der Waals surface area contributed by atoms with Crippen LogP contribution in [0.3, 0.4) is 0 Å². The van der Waals surface area contributed by atoms with E-state index in [0.29, 0.717) is 11.9 Å². The van der Waals surface area contributed by atoms with E-state index in [2.05, 4.69) is 352 Å². The number of aromatic nitrogens is 8. The summed E-state index contributed by atoms with van der Waals surface area (Å²) in [7, 11) is 0. The lowest BCUT2D eigenvalue weighted by Crippen LogP contribution is -2.04. The molecule has 10 heteroatoms. The first-order chi connectivity index (χ1) is 50.6. The van der Waals surface area contributed by atoms with E-state index >= 15 is 0 Å². The Morgan fingerprint density at radius 2 is 0.539 bits per heavy atom. The van der Waals surface area contributed by atoms with Crippen LogP contribution in [0.4, 0.5) is 0 Å². The van der Waals surface area contributed by atoms with Crippen LogP contribution < -0.4 is 0 Å². The Hall–Kier alpha value is -13.1. The molecule has 0 amide bonds. The molecule has 14 aromatic carbocycles. The molecule has 22 rings (SSSR count). The molecule has 8 heterocycles. The highest BCUT2D eigenvalue weighted by atomic mass is 32.1. The highest BCUT2D eigenvalue weighted by molar-refractivity contribution is 7.26. The number of hydrogen-bond acceptors (Lipinski definition) is 6. The SMILES string of the molecule is c1ccc(-c2cc(-c3ccc4c(c3)sc3ccccc34)nc(-n3c4ccccc4c4cc5c(cc43)c3ccccc3n5-c3ccccc3)n2)cc1.c1ccc(-c2cc(-c3cccc4c3sc3ccccc34)nc(-n3c4ccccc4c4cc5c(cc43)c3ccccc3n5-c3ccccc3)n2)cc1. The van der Waals surface area contributed by atoms with Gasteiger partial charge in [-0.05, 0) is 103 Å². The van der Waals surface area contributed by atoms with Gasteiger partial charge in [-0.2, -0.15) is 0 Å². The van der Waals surface area contributed by atoms with Crippen LogP contribution in [0.1, 0.15) is 0 Å². The first-order valence-electron chi connectivity index (χ1n) is 34.3. The van der Waals surface area contributed by atoms with Gasteiger partial charge in [0, 0.05) is 117 Å². The third-order valence-corrected chi connectivity index (χ3v) is 22.6. The van der Waals surface area contributed by atoms with Crippen molar-refractivity contribution in [1.29, 1.82) is 0 Å². The van der Waals surface area contributed by atoms with Gasteiger partial charge in [-0.1, -0.05) is 237 Å². The van der Waals surface area contributed by atoms with E-state index in [4.69, 9.17) is 19.9 Å². The number of rotatable bonds is 8. The van der Waals surface area contributed by atoms with Gasteiger partial charge in [-0.3, -0.25) is 9.13 Å². The molecule has 0 radical (unpaired) electrons. The molecule has 0 N–H and O–H groups in total. The molecule has 22 aromatic rings. The number of nitrogens with zero attached hydrogens (tertiary/aromatic N) is 8. The summed E-state index contributed by atoms with van der Waals surface area (Å²) >= 11 is 3.66. The number of para-hydroxylation sites is 6. The Balaban J connectivity index is 0.000000133. The molecular weight excluding hydrogens is 1280 g/mol. The Morgan fingerprint density at radius 3 is 1.02 bits per heavy atom. The van der Waals surface area contributed by atoms with Gasteiger partial charge in [0.15, 0.2) is 0 Å². The fourth-order valence-electron chi connectivity index (χ4n) is 15.7. The minimum atomic E-state index is 0.653. The van der Waals surface area contributed by atoms with E-state index in [-0.39, 0.29) is 0 Å². The highest BCUT2D eigenvalue weighted by Crippen LogP contribution is 2.45. The summed E-state index contributed by atoms with van der Waals surface area (Å²) in [6.07, 6.45) is 0. The summed E-state index contributed by atoms with van der Waals surface area (Å²) in [5.74, 6) is 1.31. The van der Waals surface area contributed by atoms with Gasteiger partial charge in [-0.15, -0.1) is 22.7 Å². The predicted octanol–water partition coefficient (Wildman–Crippen LogP) is 24.7. The predicted molar refractivity (Wildman–Crippen MR) is 429 cm³/mol. The van der Waals surface area contributed by atoms with E-state index in [0.717, 1.165) is 78.5 Å². The second-order valence-electron chi connectivity index (χ2n) is 26.1. The van der Waals surface area contributed by atoms with Crippen LogP contribution in [-0.4, -0.2) is 38.2 Å². The molecular formula is C92H56N8S2. The molecule has 0 atom stereocenters. The Morgan fingerprint density at radius 1 is 0.196 bits per heavy atom.